The van der Waals surface area contributed by atoms with Gasteiger partial charge in [0.2, 0.25) is 0 Å². The van der Waals surface area contributed by atoms with Crippen LogP contribution in [0.1, 0.15) is 0 Å². The number of sulfonamides is 1. The zero-order valence-corrected chi connectivity index (χ0v) is 15.1. The van der Waals surface area contributed by atoms with Crippen molar-refractivity contribution in [1.82, 2.24) is 0 Å². The second kappa shape index (κ2) is 7.05. The quantitative estimate of drug-likeness (QED) is 0.810. The van der Waals surface area contributed by atoms with Crippen LogP contribution in [-0.4, -0.2) is 22.6 Å². The third-order valence-electron chi connectivity index (χ3n) is 2.92. The van der Waals surface area contributed by atoms with Crippen molar-refractivity contribution >= 4 is 50.5 Å². The Bertz CT molecular complexity index is 840. The highest BCUT2D eigenvalue weighted by molar-refractivity contribution is 7.92. The molecule has 0 heterocycles. The van der Waals surface area contributed by atoms with Crippen molar-refractivity contribution in [3.8, 4) is 11.5 Å². The van der Waals surface area contributed by atoms with Crippen LogP contribution in [0.25, 0.3) is 0 Å². The lowest BCUT2D eigenvalue weighted by atomic mass is 10.3. The van der Waals surface area contributed by atoms with Crippen molar-refractivity contribution in [3.05, 3.63) is 45.4 Å². The number of rotatable bonds is 5. The summed E-state index contributed by atoms with van der Waals surface area (Å²) in [6.07, 6.45) is 0. The number of anilines is 1. The van der Waals surface area contributed by atoms with Crippen LogP contribution in [0, 0.1) is 0 Å². The van der Waals surface area contributed by atoms with Crippen LogP contribution in [0.3, 0.4) is 0 Å². The number of nitrogens with one attached hydrogen (secondary N) is 1. The molecule has 0 aliphatic heterocycles. The van der Waals surface area contributed by atoms with E-state index in [1.807, 2.05) is 0 Å². The van der Waals surface area contributed by atoms with E-state index in [1.165, 1.54) is 44.6 Å². The van der Waals surface area contributed by atoms with Gasteiger partial charge < -0.3 is 9.47 Å². The Morgan fingerprint density at radius 1 is 0.957 bits per heavy atom. The summed E-state index contributed by atoms with van der Waals surface area (Å²) in [4.78, 5) is -0.152. The van der Waals surface area contributed by atoms with Crippen LogP contribution < -0.4 is 14.2 Å². The molecular weight excluding hydrogens is 385 g/mol. The van der Waals surface area contributed by atoms with Gasteiger partial charge in [0.05, 0.1) is 35.0 Å². The lowest BCUT2D eigenvalue weighted by molar-refractivity contribution is 0.396. The monoisotopic (exact) mass is 395 g/mol. The Kier molecular flexibility index (Phi) is 5.52. The first-order valence-corrected chi connectivity index (χ1v) is 8.80. The summed E-state index contributed by atoms with van der Waals surface area (Å²) in [5.74, 6) is 0.597. The molecule has 23 heavy (non-hydrogen) atoms. The van der Waals surface area contributed by atoms with Crippen LogP contribution in [0.15, 0.2) is 35.2 Å². The molecule has 0 spiro atoms. The SMILES string of the molecule is COc1cc(OC)c(NS(=O)(=O)c2cccc(Cl)c2Cl)cc1Cl. The van der Waals surface area contributed by atoms with Crippen LogP contribution >= 0.6 is 34.8 Å². The maximum absolute atomic E-state index is 12.5. The van der Waals surface area contributed by atoms with Gasteiger partial charge in [-0.25, -0.2) is 8.42 Å². The first-order valence-electron chi connectivity index (χ1n) is 6.18. The predicted molar refractivity (Wildman–Crippen MR) is 91.8 cm³/mol. The van der Waals surface area contributed by atoms with Gasteiger partial charge in [-0.05, 0) is 18.2 Å². The van der Waals surface area contributed by atoms with Gasteiger partial charge in [-0.2, -0.15) is 0 Å². The molecular formula is C14H12Cl3NO4S. The van der Waals surface area contributed by atoms with Gasteiger partial charge in [-0.1, -0.05) is 40.9 Å². The molecule has 0 aliphatic carbocycles. The zero-order chi connectivity index (χ0) is 17.2. The molecule has 0 unspecified atom stereocenters. The fourth-order valence-electron chi connectivity index (χ4n) is 1.83. The Balaban J connectivity index is 2.49. The highest BCUT2D eigenvalue weighted by Gasteiger charge is 2.22. The van der Waals surface area contributed by atoms with Crippen LogP contribution in [0.5, 0.6) is 11.5 Å². The molecule has 2 aromatic carbocycles. The smallest absolute Gasteiger partial charge is 0.263 e. The number of benzene rings is 2. The fraction of sp³-hybridized carbons (Fsp3) is 0.143. The Labute approximate surface area is 149 Å². The fourth-order valence-corrected chi connectivity index (χ4v) is 3.90. The third kappa shape index (κ3) is 3.77. The first kappa shape index (κ1) is 18.0. The summed E-state index contributed by atoms with van der Waals surface area (Å²) in [5, 5.41) is 0.290. The highest BCUT2D eigenvalue weighted by atomic mass is 35.5. The van der Waals surface area contributed by atoms with E-state index in [0.717, 1.165) is 0 Å². The lowest BCUT2D eigenvalue weighted by Gasteiger charge is -2.15. The number of ether oxygens (including phenoxy) is 2. The van der Waals surface area contributed by atoms with Gasteiger partial charge in [0.25, 0.3) is 10.0 Å². The van der Waals surface area contributed by atoms with Crippen LogP contribution in [-0.2, 0) is 10.0 Å². The van der Waals surface area contributed by atoms with Gasteiger partial charge >= 0.3 is 0 Å². The van der Waals surface area contributed by atoms with Crippen molar-refractivity contribution in [1.29, 1.82) is 0 Å². The highest BCUT2D eigenvalue weighted by Crippen LogP contribution is 2.38. The van der Waals surface area contributed by atoms with Gasteiger partial charge in [0, 0.05) is 6.07 Å². The molecule has 0 saturated carbocycles. The Morgan fingerprint density at radius 2 is 1.61 bits per heavy atom. The van der Waals surface area contributed by atoms with Crippen molar-refractivity contribution < 1.29 is 17.9 Å². The molecule has 0 radical (unpaired) electrons. The average molecular weight is 397 g/mol. The van der Waals surface area contributed by atoms with Gasteiger partial charge in [-0.15, -0.1) is 0 Å². The molecule has 9 heteroatoms. The summed E-state index contributed by atoms with van der Waals surface area (Å²) in [6, 6.07) is 7.18. The second-order valence-corrected chi connectivity index (χ2v) is 7.19. The van der Waals surface area contributed by atoms with Crippen LogP contribution in [0.2, 0.25) is 15.1 Å². The molecule has 1 N–H and O–H groups in total. The van der Waals surface area contributed by atoms with Crippen molar-refractivity contribution in [3.63, 3.8) is 0 Å². The summed E-state index contributed by atoms with van der Waals surface area (Å²) in [6.45, 7) is 0. The summed E-state index contributed by atoms with van der Waals surface area (Å²) >= 11 is 17.9. The van der Waals surface area contributed by atoms with Crippen molar-refractivity contribution in [2.75, 3.05) is 18.9 Å². The standard InChI is InChI=1S/C14H12Cl3NO4S/c1-21-11-7-12(22-2)10(6-9(11)16)18-23(19,20)13-5-3-4-8(15)14(13)17/h3-7,18H,1-2H3. The largest absolute Gasteiger partial charge is 0.495 e. The molecule has 5 nitrogen and oxygen atoms in total. The van der Waals surface area contributed by atoms with E-state index >= 15 is 0 Å². The number of hydrogen-bond donors (Lipinski definition) is 1. The van der Waals surface area contributed by atoms with E-state index < -0.39 is 10.0 Å². The average Bonchev–Trinajstić information content (AvgIpc) is 2.49. The maximum Gasteiger partial charge on any atom is 0.263 e. The minimum atomic E-state index is -3.98. The van der Waals surface area contributed by atoms with E-state index in [9.17, 15) is 8.42 Å². The predicted octanol–water partition coefficient (Wildman–Crippen LogP) is 4.46. The molecule has 0 aromatic heterocycles. The van der Waals surface area contributed by atoms with Crippen LogP contribution in [0.4, 0.5) is 5.69 Å². The van der Waals surface area contributed by atoms with E-state index in [2.05, 4.69) is 4.72 Å². The normalized spacial score (nSPS) is 11.2. The number of methoxy groups -OCH3 is 2. The van der Waals surface area contributed by atoms with E-state index in [1.54, 1.807) is 0 Å². The minimum Gasteiger partial charge on any atom is -0.495 e. The minimum absolute atomic E-state index is 0.0692. The summed E-state index contributed by atoms with van der Waals surface area (Å²) in [5.41, 5.74) is 0.148. The molecule has 0 atom stereocenters. The first-order chi connectivity index (χ1) is 10.8. The van der Waals surface area contributed by atoms with E-state index in [0.29, 0.717) is 5.75 Å². The molecule has 0 saturated heterocycles. The van der Waals surface area contributed by atoms with E-state index in [4.69, 9.17) is 44.3 Å². The third-order valence-corrected chi connectivity index (χ3v) is 5.56. The molecule has 0 aliphatic rings. The van der Waals surface area contributed by atoms with E-state index in [-0.39, 0.29) is 31.4 Å². The number of hydrogen-bond acceptors (Lipinski definition) is 4. The molecule has 2 rings (SSSR count). The molecule has 0 bridgehead atoms. The Morgan fingerprint density at radius 3 is 2.22 bits per heavy atom. The zero-order valence-electron chi connectivity index (χ0n) is 12.1. The molecule has 124 valence electrons. The Hall–Kier alpha value is -1.34. The van der Waals surface area contributed by atoms with Crippen molar-refractivity contribution in [2.45, 2.75) is 4.90 Å². The lowest BCUT2D eigenvalue weighted by Crippen LogP contribution is -2.14. The summed E-state index contributed by atoms with van der Waals surface area (Å²) < 4.78 is 37.6. The van der Waals surface area contributed by atoms with Gasteiger partial charge in [0.15, 0.2) is 0 Å². The summed E-state index contributed by atoms with van der Waals surface area (Å²) in [7, 11) is -1.14. The van der Waals surface area contributed by atoms with Gasteiger partial charge in [-0.3, -0.25) is 4.72 Å². The molecule has 2 aromatic rings. The van der Waals surface area contributed by atoms with Crippen molar-refractivity contribution in [2.24, 2.45) is 0 Å². The van der Waals surface area contributed by atoms with Gasteiger partial charge in [0.1, 0.15) is 16.4 Å². The molecule has 0 fully saturated rings. The maximum atomic E-state index is 12.5. The topological polar surface area (TPSA) is 64.6 Å². The second-order valence-electron chi connectivity index (χ2n) is 4.34. The number of halogens is 3. The molecule has 0 amide bonds.